The van der Waals surface area contributed by atoms with Crippen LogP contribution in [-0.2, 0) is 6.42 Å². The predicted molar refractivity (Wildman–Crippen MR) is 57.6 cm³/mol. The lowest BCUT2D eigenvalue weighted by Gasteiger charge is -1.92. The molecular formula is C7H12Cl2N2S. The first-order valence-corrected chi connectivity index (χ1v) is 4.87. The smallest absolute Gasteiger partial charge is 0.180 e. The minimum atomic E-state index is 0. The van der Waals surface area contributed by atoms with Gasteiger partial charge in [0, 0.05) is 10.8 Å². The molecule has 0 unspecified atom stereocenters. The molecule has 0 aromatic carbocycles. The molecule has 12 heavy (non-hydrogen) atoms. The summed E-state index contributed by atoms with van der Waals surface area (Å²) >= 11 is 7.13. The highest BCUT2D eigenvalue weighted by atomic mass is 35.5. The van der Waals surface area contributed by atoms with E-state index in [1.165, 1.54) is 4.88 Å². The van der Waals surface area contributed by atoms with Crippen molar-refractivity contribution in [2.24, 2.45) is 0 Å². The van der Waals surface area contributed by atoms with Gasteiger partial charge in [-0.05, 0) is 19.8 Å². The fourth-order valence-corrected chi connectivity index (χ4v) is 1.92. The van der Waals surface area contributed by atoms with Crippen molar-refractivity contribution in [1.29, 1.82) is 0 Å². The molecule has 0 saturated heterocycles. The van der Waals surface area contributed by atoms with Crippen molar-refractivity contribution >= 4 is 40.5 Å². The first-order chi connectivity index (χ1) is 5.24. The number of alkyl halides is 1. The number of nitrogen functional groups attached to an aromatic ring is 1. The van der Waals surface area contributed by atoms with Crippen LogP contribution in [0.1, 0.15) is 17.0 Å². The average molecular weight is 227 g/mol. The molecule has 0 aliphatic rings. The lowest BCUT2D eigenvalue weighted by molar-refractivity contribution is 0.932. The molecule has 2 N–H and O–H groups in total. The van der Waals surface area contributed by atoms with Gasteiger partial charge in [-0.1, -0.05) is 0 Å². The quantitative estimate of drug-likeness (QED) is 0.806. The van der Waals surface area contributed by atoms with Crippen molar-refractivity contribution in [3.05, 3.63) is 10.6 Å². The van der Waals surface area contributed by atoms with Gasteiger partial charge in [0.15, 0.2) is 5.13 Å². The third-order valence-electron chi connectivity index (χ3n) is 1.45. The highest BCUT2D eigenvalue weighted by Crippen LogP contribution is 2.20. The van der Waals surface area contributed by atoms with Crippen LogP contribution in [0.2, 0.25) is 0 Å². The predicted octanol–water partition coefficient (Wildman–Crippen LogP) is 2.63. The topological polar surface area (TPSA) is 38.9 Å². The fourth-order valence-electron chi connectivity index (χ4n) is 0.910. The summed E-state index contributed by atoms with van der Waals surface area (Å²) in [6.45, 7) is 1.98. The molecule has 0 spiro atoms. The van der Waals surface area contributed by atoms with E-state index in [2.05, 4.69) is 4.98 Å². The number of aryl methyl sites for hydroxylation is 2. The molecule has 1 aromatic rings. The van der Waals surface area contributed by atoms with Crippen molar-refractivity contribution in [2.45, 2.75) is 19.8 Å². The molecule has 2 nitrogen and oxygen atoms in total. The molecule has 0 fully saturated rings. The standard InChI is InChI=1S/C7H11ClN2S.ClH/c1-5-6(3-2-4-8)11-7(9)10-5;/h2-4H2,1H3,(H2,9,10);1H. The molecule has 1 heterocycles. The first-order valence-electron chi connectivity index (χ1n) is 3.51. The molecule has 5 heteroatoms. The van der Waals surface area contributed by atoms with Crippen LogP contribution < -0.4 is 5.73 Å². The minimum Gasteiger partial charge on any atom is -0.375 e. The lowest BCUT2D eigenvalue weighted by atomic mass is 10.2. The summed E-state index contributed by atoms with van der Waals surface area (Å²) in [4.78, 5) is 5.38. The Labute approximate surface area is 87.5 Å². The van der Waals surface area contributed by atoms with Crippen molar-refractivity contribution in [2.75, 3.05) is 11.6 Å². The molecule has 0 atom stereocenters. The van der Waals surface area contributed by atoms with Crippen LogP contribution in [0.15, 0.2) is 0 Å². The number of anilines is 1. The Bertz CT molecular complexity index is 237. The van der Waals surface area contributed by atoms with E-state index >= 15 is 0 Å². The Balaban J connectivity index is 0.00000121. The van der Waals surface area contributed by atoms with E-state index in [9.17, 15) is 0 Å². The average Bonchev–Trinajstić information content (AvgIpc) is 2.26. The first kappa shape index (κ1) is 12.0. The van der Waals surface area contributed by atoms with E-state index in [1.807, 2.05) is 6.92 Å². The van der Waals surface area contributed by atoms with E-state index in [4.69, 9.17) is 17.3 Å². The monoisotopic (exact) mass is 226 g/mol. The number of rotatable bonds is 3. The summed E-state index contributed by atoms with van der Waals surface area (Å²) < 4.78 is 0. The van der Waals surface area contributed by atoms with E-state index in [1.54, 1.807) is 11.3 Å². The van der Waals surface area contributed by atoms with Gasteiger partial charge < -0.3 is 5.73 Å². The van der Waals surface area contributed by atoms with Crippen LogP contribution in [-0.4, -0.2) is 10.9 Å². The highest BCUT2D eigenvalue weighted by molar-refractivity contribution is 7.15. The molecule has 0 radical (unpaired) electrons. The zero-order valence-electron chi connectivity index (χ0n) is 6.84. The van der Waals surface area contributed by atoms with Crippen molar-refractivity contribution in [1.82, 2.24) is 4.98 Å². The maximum absolute atomic E-state index is 5.56. The summed E-state index contributed by atoms with van der Waals surface area (Å²) in [5.41, 5.74) is 6.58. The summed E-state index contributed by atoms with van der Waals surface area (Å²) in [6, 6.07) is 0. The second-order valence-corrected chi connectivity index (χ2v) is 3.85. The van der Waals surface area contributed by atoms with Gasteiger partial charge in [-0.3, -0.25) is 0 Å². The zero-order chi connectivity index (χ0) is 8.27. The zero-order valence-corrected chi connectivity index (χ0v) is 9.23. The van der Waals surface area contributed by atoms with Crippen LogP contribution in [0.5, 0.6) is 0 Å². The molecule has 0 aliphatic heterocycles. The molecule has 0 aliphatic carbocycles. The maximum atomic E-state index is 5.56. The number of nitrogens with two attached hydrogens (primary N) is 1. The second-order valence-electron chi connectivity index (χ2n) is 2.35. The summed E-state index contributed by atoms with van der Waals surface area (Å²) in [5, 5.41) is 0.659. The second kappa shape index (κ2) is 5.62. The number of hydrogen-bond acceptors (Lipinski definition) is 3. The largest absolute Gasteiger partial charge is 0.375 e. The highest BCUT2D eigenvalue weighted by Gasteiger charge is 2.03. The summed E-state index contributed by atoms with van der Waals surface area (Å²) in [7, 11) is 0. The Morgan fingerprint density at radius 2 is 2.25 bits per heavy atom. The van der Waals surface area contributed by atoms with Gasteiger partial charge >= 0.3 is 0 Å². The molecule has 0 saturated carbocycles. The van der Waals surface area contributed by atoms with E-state index < -0.39 is 0 Å². The Morgan fingerprint density at radius 3 is 2.67 bits per heavy atom. The van der Waals surface area contributed by atoms with Crippen molar-refractivity contribution in [3.8, 4) is 0 Å². The fraction of sp³-hybridized carbons (Fsp3) is 0.571. The molecule has 0 bridgehead atoms. The SMILES string of the molecule is Cc1nc(N)sc1CCCCl.Cl. The number of thiazole rings is 1. The summed E-state index contributed by atoms with van der Waals surface area (Å²) in [6.07, 6.45) is 2.01. The van der Waals surface area contributed by atoms with Gasteiger partial charge in [-0.15, -0.1) is 35.3 Å². The number of halogens is 2. The van der Waals surface area contributed by atoms with Crippen molar-refractivity contribution in [3.63, 3.8) is 0 Å². The van der Waals surface area contributed by atoms with Crippen LogP contribution in [0.4, 0.5) is 5.13 Å². The molecule has 70 valence electrons. The van der Waals surface area contributed by atoms with E-state index in [0.29, 0.717) is 11.0 Å². The van der Waals surface area contributed by atoms with Crippen molar-refractivity contribution < 1.29 is 0 Å². The van der Waals surface area contributed by atoms with E-state index in [-0.39, 0.29) is 12.4 Å². The molecular weight excluding hydrogens is 215 g/mol. The van der Waals surface area contributed by atoms with Gasteiger partial charge in [0.2, 0.25) is 0 Å². The molecule has 1 rings (SSSR count). The number of nitrogens with zero attached hydrogens (tertiary/aromatic N) is 1. The normalized spacial score (nSPS) is 9.50. The summed E-state index contributed by atoms with van der Waals surface area (Å²) in [5.74, 6) is 0.706. The van der Waals surface area contributed by atoms with E-state index in [0.717, 1.165) is 18.5 Å². The van der Waals surface area contributed by atoms with Crippen LogP contribution >= 0.6 is 35.3 Å². The third kappa shape index (κ3) is 3.17. The van der Waals surface area contributed by atoms with Crippen LogP contribution in [0, 0.1) is 6.92 Å². The Kier molecular flexibility index (Phi) is 5.63. The Hall–Kier alpha value is 0.01000. The maximum Gasteiger partial charge on any atom is 0.180 e. The molecule has 0 amide bonds. The van der Waals surface area contributed by atoms with Gasteiger partial charge in [0.05, 0.1) is 5.69 Å². The van der Waals surface area contributed by atoms with Gasteiger partial charge in [0.25, 0.3) is 0 Å². The minimum absolute atomic E-state index is 0. The van der Waals surface area contributed by atoms with Gasteiger partial charge in [-0.2, -0.15) is 0 Å². The lowest BCUT2D eigenvalue weighted by Crippen LogP contribution is -1.85. The van der Waals surface area contributed by atoms with Gasteiger partial charge in [-0.25, -0.2) is 4.98 Å². The number of hydrogen-bond donors (Lipinski definition) is 1. The van der Waals surface area contributed by atoms with Crippen LogP contribution in [0.25, 0.3) is 0 Å². The van der Waals surface area contributed by atoms with Gasteiger partial charge in [0.1, 0.15) is 0 Å². The third-order valence-corrected chi connectivity index (χ3v) is 2.76. The Morgan fingerprint density at radius 1 is 1.58 bits per heavy atom. The molecule has 1 aromatic heterocycles. The number of aromatic nitrogens is 1. The van der Waals surface area contributed by atoms with Crippen LogP contribution in [0.3, 0.4) is 0 Å².